The summed E-state index contributed by atoms with van der Waals surface area (Å²) in [5, 5.41) is 3.37. The fourth-order valence-electron chi connectivity index (χ4n) is 1.90. The Kier molecular flexibility index (Phi) is 7.38. The molecule has 2 rings (SSSR count). The van der Waals surface area contributed by atoms with Crippen molar-refractivity contribution in [2.45, 2.75) is 39.9 Å². The SMILES string of the molecule is CC(C)OP(OC(C)C)C(=Nc1ccccc1)Nc1ccccc1. The van der Waals surface area contributed by atoms with Crippen LogP contribution in [0.2, 0.25) is 0 Å². The molecule has 0 fully saturated rings. The third-order valence-electron chi connectivity index (χ3n) is 2.81. The Hall–Kier alpha value is -1.74. The van der Waals surface area contributed by atoms with E-state index in [0.717, 1.165) is 11.4 Å². The molecule has 2 aromatic rings. The Morgan fingerprint density at radius 2 is 1.33 bits per heavy atom. The third-order valence-corrected chi connectivity index (χ3v) is 4.59. The van der Waals surface area contributed by atoms with Crippen LogP contribution in [0.1, 0.15) is 27.7 Å². The van der Waals surface area contributed by atoms with Gasteiger partial charge in [-0.3, -0.25) is 0 Å². The summed E-state index contributed by atoms with van der Waals surface area (Å²) < 4.78 is 12.0. The Morgan fingerprint density at radius 3 is 1.83 bits per heavy atom. The van der Waals surface area contributed by atoms with E-state index in [9.17, 15) is 0 Å². The summed E-state index contributed by atoms with van der Waals surface area (Å²) in [6.07, 6.45) is 0.0989. The second kappa shape index (κ2) is 9.53. The highest BCUT2D eigenvalue weighted by Gasteiger charge is 2.23. The maximum Gasteiger partial charge on any atom is 0.243 e. The Balaban J connectivity index is 2.33. The minimum absolute atomic E-state index is 0.0495. The zero-order valence-corrected chi connectivity index (χ0v) is 15.5. The van der Waals surface area contributed by atoms with Gasteiger partial charge in [-0.15, -0.1) is 0 Å². The first kappa shape index (κ1) is 18.6. The van der Waals surface area contributed by atoms with E-state index in [4.69, 9.17) is 14.0 Å². The Labute approximate surface area is 145 Å². The van der Waals surface area contributed by atoms with Crippen LogP contribution < -0.4 is 5.32 Å². The summed E-state index contributed by atoms with van der Waals surface area (Å²) in [7, 11) is -1.31. The molecule has 24 heavy (non-hydrogen) atoms. The molecule has 5 heteroatoms. The average molecular weight is 344 g/mol. The fourth-order valence-corrected chi connectivity index (χ4v) is 3.33. The number of hydrogen-bond donors (Lipinski definition) is 1. The van der Waals surface area contributed by atoms with E-state index in [-0.39, 0.29) is 12.2 Å². The van der Waals surface area contributed by atoms with Gasteiger partial charge in [-0.2, -0.15) is 0 Å². The molecule has 2 aromatic carbocycles. The number of para-hydroxylation sites is 2. The van der Waals surface area contributed by atoms with Gasteiger partial charge in [0.25, 0.3) is 0 Å². The molecule has 0 heterocycles. The topological polar surface area (TPSA) is 42.9 Å². The summed E-state index contributed by atoms with van der Waals surface area (Å²) in [6.45, 7) is 8.01. The smallest absolute Gasteiger partial charge is 0.243 e. The van der Waals surface area contributed by atoms with Gasteiger partial charge in [0.05, 0.1) is 17.9 Å². The van der Waals surface area contributed by atoms with Gasteiger partial charge < -0.3 is 14.4 Å². The van der Waals surface area contributed by atoms with Crippen LogP contribution in [0, 0.1) is 0 Å². The minimum Gasteiger partial charge on any atom is -0.336 e. The summed E-state index contributed by atoms with van der Waals surface area (Å²) in [6, 6.07) is 19.8. The van der Waals surface area contributed by atoms with Gasteiger partial charge in [-0.05, 0) is 52.0 Å². The van der Waals surface area contributed by atoms with Crippen molar-refractivity contribution in [1.82, 2.24) is 0 Å². The molecule has 0 radical (unpaired) electrons. The summed E-state index contributed by atoms with van der Waals surface area (Å²) in [4.78, 5) is 4.74. The van der Waals surface area contributed by atoms with Crippen molar-refractivity contribution in [3.8, 4) is 0 Å². The van der Waals surface area contributed by atoms with Crippen molar-refractivity contribution < 1.29 is 9.05 Å². The average Bonchev–Trinajstić information content (AvgIpc) is 2.55. The van der Waals surface area contributed by atoms with Crippen LogP contribution in [0.15, 0.2) is 65.7 Å². The molecule has 0 saturated heterocycles. The van der Waals surface area contributed by atoms with Gasteiger partial charge in [0, 0.05) is 5.69 Å². The normalized spacial score (nSPS) is 12.2. The van der Waals surface area contributed by atoms with Crippen molar-refractivity contribution in [2.75, 3.05) is 5.32 Å². The van der Waals surface area contributed by atoms with E-state index >= 15 is 0 Å². The number of anilines is 1. The Bertz CT molecular complexity index is 620. The standard InChI is InChI=1S/C19H25N2O2P/c1-15(2)22-24(23-16(3)4)19(20-17-11-7-5-8-12-17)21-18-13-9-6-10-14-18/h5-16H,1-4H3,(H,20,21). The number of nitrogens with one attached hydrogen (secondary N) is 1. The van der Waals surface area contributed by atoms with Gasteiger partial charge in [0.15, 0.2) is 5.58 Å². The zero-order valence-electron chi connectivity index (χ0n) is 14.6. The molecule has 0 saturated carbocycles. The molecule has 0 aromatic heterocycles. The molecule has 0 amide bonds. The quantitative estimate of drug-likeness (QED) is 0.383. The number of nitrogens with zero attached hydrogens (tertiary/aromatic N) is 1. The van der Waals surface area contributed by atoms with Crippen LogP contribution in [0.4, 0.5) is 11.4 Å². The fraction of sp³-hybridized carbons (Fsp3) is 0.316. The minimum atomic E-state index is -1.31. The summed E-state index contributed by atoms with van der Waals surface area (Å²) >= 11 is 0. The van der Waals surface area contributed by atoms with E-state index in [1.165, 1.54) is 0 Å². The highest BCUT2D eigenvalue weighted by molar-refractivity contribution is 7.67. The number of benzene rings is 2. The molecular weight excluding hydrogens is 319 g/mol. The van der Waals surface area contributed by atoms with E-state index < -0.39 is 8.38 Å². The maximum absolute atomic E-state index is 6.02. The van der Waals surface area contributed by atoms with Gasteiger partial charge in [0.1, 0.15) is 0 Å². The van der Waals surface area contributed by atoms with Crippen LogP contribution in [0.3, 0.4) is 0 Å². The lowest BCUT2D eigenvalue weighted by Gasteiger charge is -2.24. The van der Waals surface area contributed by atoms with E-state index in [1.807, 2.05) is 88.4 Å². The van der Waals surface area contributed by atoms with Gasteiger partial charge in [-0.25, -0.2) is 4.99 Å². The first-order chi connectivity index (χ1) is 11.5. The molecule has 0 bridgehead atoms. The monoisotopic (exact) mass is 344 g/mol. The van der Waals surface area contributed by atoms with Crippen molar-refractivity contribution in [3.05, 3.63) is 60.7 Å². The first-order valence-corrected chi connectivity index (χ1v) is 9.32. The number of aliphatic imine (C=N–C) groups is 1. The van der Waals surface area contributed by atoms with E-state index in [0.29, 0.717) is 5.58 Å². The predicted octanol–water partition coefficient (Wildman–Crippen LogP) is 5.95. The van der Waals surface area contributed by atoms with Gasteiger partial charge >= 0.3 is 0 Å². The molecule has 0 atom stereocenters. The predicted molar refractivity (Wildman–Crippen MR) is 103 cm³/mol. The maximum atomic E-state index is 6.02. The highest BCUT2D eigenvalue weighted by Crippen LogP contribution is 2.44. The number of amidine groups is 1. The van der Waals surface area contributed by atoms with Crippen molar-refractivity contribution in [1.29, 1.82) is 0 Å². The van der Waals surface area contributed by atoms with Crippen LogP contribution >= 0.6 is 8.38 Å². The lowest BCUT2D eigenvalue weighted by atomic mass is 10.3. The first-order valence-electron chi connectivity index (χ1n) is 8.14. The van der Waals surface area contributed by atoms with E-state index in [2.05, 4.69) is 5.32 Å². The van der Waals surface area contributed by atoms with Crippen molar-refractivity contribution in [2.24, 2.45) is 4.99 Å². The summed E-state index contributed by atoms with van der Waals surface area (Å²) in [5.41, 5.74) is 2.52. The Morgan fingerprint density at radius 1 is 0.833 bits per heavy atom. The van der Waals surface area contributed by atoms with Crippen LogP contribution in [0.25, 0.3) is 0 Å². The lowest BCUT2D eigenvalue weighted by Crippen LogP contribution is -2.17. The highest BCUT2D eigenvalue weighted by atomic mass is 31.2. The molecule has 4 nitrogen and oxygen atoms in total. The molecular formula is C19H25N2O2P. The van der Waals surface area contributed by atoms with Crippen LogP contribution in [0.5, 0.6) is 0 Å². The van der Waals surface area contributed by atoms with Crippen molar-refractivity contribution in [3.63, 3.8) is 0 Å². The molecule has 0 unspecified atom stereocenters. The molecule has 1 N–H and O–H groups in total. The molecule has 128 valence electrons. The summed E-state index contributed by atoms with van der Waals surface area (Å²) in [5.74, 6) is 0. The second-order valence-electron chi connectivity index (χ2n) is 5.83. The zero-order chi connectivity index (χ0) is 17.4. The van der Waals surface area contributed by atoms with Gasteiger partial charge in [0.2, 0.25) is 8.38 Å². The largest absolute Gasteiger partial charge is 0.336 e. The number of hydrogen-bond acceptors (Lipinski definition) is 3. The van der Waals surface area contributed by atoms with Crippen LogP contribution in [-0.4, -0.2) is 17.8 Å². The molecule has 0 spiro atoms. The molecule has 0 aliphatic carbocycles. The van der Waals surface area contributed by atoms with Gasteiger partial charge in [-0.1, -0.05) is 36.4 Å². The molecule has 0 aliphatic heterocycles. The lowest BCUT2D eigenvalue weighted by molar-refractivity contribution is 0.185. The second-order valence-corrected chi connectivity index (χ2v) is 7.19. The number of rotatable bonds is 7. The van der Waals surface area contributed by atoms with Crippen LogP contribution in [-0.2, 0) is 9.05 Å². The third kappa shape index (κ3) is 6.40. The molecule has 0 aliphatic rings. The van der Waals surface area contributed by atoms with E-state index in [1.54, 1.807) is 0 Å². The van der Waals surface area contributed by atoms with Crippen molar-refractivity contribution >= 4 is 25.3 Å².